The summed E-state index contributed by atoms with van der Waals surface area (Å²) in [6.07, 6.45) is 45.0. The van der Waals surface area contributed by atoms with E-state index in [4.69, 9.17) is 16.8 Å². The van der Waals surface area contributed by atoms with Gasteiger partial charge in [0.2, 0.25) is 0 Å². The van der Waals surface area contributed by atoms with Crippen molar-refractivity contribution >= 4 is 18.5 Å². The van der Waals surface area contributed by atoms with Crippen LogP contribution in [0, 0.1) is 0 Å². The molecular formula is C35H74ClNSi. The van der Waals surface area contributed by atoms with Crippen LogP contribution in [0.2, 0.25) is 19.1 Å². The van der Waals surface area contributed by atoms with Gasteiger partial charge in [-0.3, -0.25) is 0 Å². The lowest BCUT2D eigenvalue weighted by molar-refractivity contribution is 0.512. The van der Waals surface area contributed by atoms with Crippen LogP contribution in [0.15, 0.2) is 0 Å². The van der Waals surface area contributed by atoms with Crippen LogP contribution >= 0.6 is 11.1 Å². The van der Waals surface area contributed by atoms with Gasteiger partial charge < -0.3 is 5.73 Å². The maximum absolute atomic E-state index is 6.39. The molecule has 0 heterocycles. The van der Waals surface area contributed by atoms with Gasteiger partial charge in [-0.2, -0.15) is 11.1 Å². The Morgan fingerprint density at radius 1 is 0.316 bits per heavy atom. The van der Waals surface area contributed by atoms with Crippen LogP contribution < -0.4 is 5.73 Å². The van der Waals surface area contributed by atoms with Crippen LogP contribution in [-0.2, 0) is 0 Å². The van der Waals surface area contributed by atoms with Crippen LogP contribution in [0.25, 0.3) is 0 Å². The van der Waals surface area contributed by atoms with E-state index in [1.807, 2.05) is 0 Å². The van der Waals surface area contributed by atoms with Gasteiger partial charge in [0.25, 0.3) is 0 Å². The van der Waals surface area contributed by atoms with E-state index in [2.05, 4.69) is 13.1 Å². The van der Waals surface area contributed by atoms with Crippen molar-refractivity contribution in [2.24, 2.45) is 5.73 Å². The van der Waals surface area contributed by atoms with Crippen molar-refractivity contribution in [2.45, 2.75) is 218 Å². The Hall–Kier alpha value is 0.467. The highest BCUT2D eigenvalue weighted by atomic mass is 35.6. The lowest BCUT2D eigenvalue weighted by atomic mass is 10.0. The van der Waals surface area contributed by atoms with Crippen molar-refractivity contribution < 1.29 is 0 Å². The first-order valence-electron chi connectivity index (χ1n) is 18.0. The molecule has 0 aromatic carbocycles. The van der Waals surface area contributed by atoms with Gasteiger partial charge in [0.15, 0.2) is 0 Å². The fraction of sp³-hybridized carbons (Fsp3) is 1.00. The molecule has 0 aromatic rings. The molecule has 0 saturated carbocycles. The average molecular weight is 573 g/mol. The van der Waals surface area contributed by atoms with E-state index in [0.29, 0.717) is 0 Å². The second-order valence-corrected chi connectivity index (χ2v) is 20.2. The van der Waals surface area contributed by atoms with Crippen LogP contribution in [0.5, 0.6) is 0 Å². The molecule has 2 N–H and O–H groups in total. The third-order valence-corrected chi connectivity index (χ3v) is 10.6. The van der Waals surface area contributed by atoms with Gasteiger partial charge >= 0.3 is 0 Å². The van der Waals surface area contributed by atoms with Crippen molar-refractivity contribution in [3.63, 3.8) is 0 Å². The van der Waals surface area contributed by atoms with Gasteiger partial charge in [0.1, 0.15) is 7.38 Å². The summed E-state index contributed by atoms with van der Waals surface area (Å²) in [7, 11) is -1.31. The maximum atomic E-state index is 6.39. The monoisotopic (exact) mass is 572 g/mol. The van der Waals surface area contributed by atoms with Crippen molar-refractivity contribution in [3.8, 4) is 0 Å². The Labute approximate surface area is 248 Å². The molecule has 0 rings (SSSR count). The van der Waals surface area contributed by atoms with Gasteiger partial charge in [-0.25, -0.2) is 0 Å². The molecule has 38 heavy (non-hydrogen) atoms. The fourth-order valence-corrected chi connectivity index (χ4v) is 7.31. The Bertz CT molecular complexity index is 423. The van der Waals surface area contributed by atoms with E-state index in [-0.39, 0.29) is 0 Å². The minimum absolute atomic E-state index is 0.873. The van der Waals surface area contributed by atoms with Gasteiger partial charge in [-0.1, -0.05) is 206 Å². The number of hydrogen-bond acceptors (Lipinski definition) is 1. The van der Waals surface area contributed by atoms with Crippen molar-refractivity contribution in [1.29, 1.82) is 0 Å². The first-order chi connectivity index (χ1) is 18.6. The fourth-order valence-electron chi connectivity index (χ4n) is 5.82. The maximum Gasteiger partial charge on any atom is 0.150 e. The topological polar surface area (TPSA) is 26.0 Å². The zero-order valence-corrected chi connectivity index (χ0v) is 28.5. The third kappa shape index (κ3) is 36.5. The second-order valence-electron chi connectivity index (χ2n) is 13.2. The zero-order chi connectivity index (χ0) is 27.8. The molecule has 230 valence electrons. The summed E-state index contributed by atoms with van der Waals surface area (Å²) in [5.41, 5.74) is 5.55. The summed E-state index contributed by atoms with van der Waals surface area (Å²) in [5.74, 6) is 0. The summed E-state index contributed by atoms with van der Waals surface area (Å²) in [5, 5.41) is 0. The normalized spacial score (nSPS) is 12.0. The predicted octanol–water partition coefficient (Wildman–Crippen LogP) is 13.5. The number of unbranched alkanes of at least 4 members (excludes halogenated alkanes) is 30. The first-order valence-corrected chi connectivity index (χ1v) is 22.2. The molecule has 0 aliphatic carbocycles. The lowest BCUT2D eigenvalue weighted by Gasteiger charge is -2.11. The minimum atomic E-state index is -1.31. The molecule has 0 radical (unpaired) electrons. The van der Waals surface area contributed by atoms with Crippen LogP contribution in [-0.4, -0.2) is 13.9 Å². The van der Waals surface area contributed by atoms with Gasteiger partial charge in [0.05, 0.1) is 0 Å². The SMILES string of the molecule is C[Si](C)(Cl)CCCCCCCCCCCCCCCCCCCCCCCCCCCCCCCCCN. The summed E-state index contributed by atoms with van der Waals surface area (Å²) in [6, 6.07) is 1.30. The molecule has 0 aromatic heterocycles. The zero-order valence-electron chi connectivity index (χ0n) is 26.8. The Morgan fingerprint density at radius 3 is 0.632 bits per heavy atom. The van der Waals surface area contributed by atoms with E-state index in [1.54, 1.807) is 0 Å². The molecule has 0 bridgehead atoms. The average Bonchev–Trinajstić information content (AvgIpc) is 2.88. The van der Waals surface area contributed by atoms with E-state index in [9.17, 15) is 0 Å². The van der Waals surface area contributed by atoms with Crippen LogP contribution in [0.1, 0.15) is 199 Å². The van der Waals surface area contributed by atoms with Gasteiger partial charge in [-0.15, -0.1) is 0 Å². The third-order valence-electron chi connectivity index (χ3n) is 8.48. The predicted molar refractivity (Wildman–Crippen MR) is 180 cm³/mol. The van der Waals surface area contributed by atoms with E-state index in [0.717, 1.165) is 6.54 Å². The molecule has 0 aliphatic heterocycles. The van der Waals surface area contributed by atoms with E-state index in [1.165, 1.54) is 205 Å². The molecule has 1 nitrogen and oxygen atoms in total. The van der Waals surface area contributed by atoms with Gasteiger partial charge in [-0.05, 0) is 19.0 Å². The largest absolute Gasteiger partial charge is 0.330 e. The summed E-state index contributed by atoms with van der Waals surface area (Å²) >= 11 is 6.39. The molecule has 0 aliphatic rings. The second kappa shape index (κ2) is 32.0. The Morgan fingerprint density at radius 2 is 0.474 bits per heavy atom. The highest BCUT2D eigenvalue weighted by Crippen LogP contribution is 2.20. The first kappa shape index (κ1) is 38.5. The van der Waals surface area contributed by atoms with Crippen molar-refractivity contribution in [1.82, 2.24) is 0 Å². The molecule has 0 spiro atoms. The van der Waals surface area contributed by atoms with Crippen LogP contribution in [0.4, 0.5) is 0 Å². The standard InChI is InChI=1S/C35H74ClNSi/c1-38(2,36)35-33-31-29-27-25-23-21-19-17-15-13-11-9-7-5-3-4-6-8-10-12-14-16-18-20-22-24-26-28-30-32-34-37/h3-35,37H2,1-2H3. The summed E-state index contributed by atoms with van der Waals surface area (Å²) in [4.78, 5) is 0. The van der Waals surface area contributed by atoms with Crippen molar-refractivity contribution in [2.75, 3.05) is 6.54 Å². The van der Waals surface area contributed by atoms with E-state index >= 15 is 0 Å². The highest BCUT2D eigenvalue weighted by molar-refractivity contribution is 7.19. The molecular weight excluding hydrogens is 498 g/mol. The molecule has 0 unspecified atom stereocenters. The molecule has 3 heteroatoms. The number of nitrogens with two attached hydrogens (primary N) is 1. The van der Waals surface area contributed by atoms with E-state index < -0.39 is 7.38 Å². The van der Waals surface area contributed by atoms with Crippen molar-refractivity contribution in [3.05, 3.63) is 0 Å². The molecule has 0 fully saturated rings. The van der Waals surface area contributed by atoms with Gasteiger partial charge in [0, 0.05) is 0 Å². The smallest absolute Gasteiger partial charge is 0.150 e. The number of halogens is 1. The molecule has 0 amide bonds. The van der Waals surface area contributed by atoms with Crippen LogP contribution in [0.3, 0.4) is 0 Å². The Balaban J connectivity index is 3.04. The number of hydrogen-bond donors (Lipinski definition) is 1. The summed E-state index contributed by atoms with van der Waals surface area (Å²) in [6.45, 7) is 5.42. The molecule has 0 atom stereocenters. The molecule has 0 saturated heterocycles. The summed E-state index contributed by atoms with van der Waals surface area (Å²) < 4.78 is 0. The lowest BCUT2D eigenvalue weighted by Crippen LogP contribution is -2.14. The highest BCUT2D eigenvalue weighted by Gasteiger charge is 2.15. The number of rotatable bonds is 33. The minimum Gasteiger partial charge on any atom is -0.330 e. The quantitative estimate of drug-likeness (QED) is 0.0473. The Kier molecular flexibility index (Phi) is 32.4.